The molecule has 0 amide bonds. The SMILES string of the molecule is Nc1cc(-c2cncc(-c3ccccc3)n2)n[nH]1. The van der Waals surface area contributed by atoms with Gasteiger partial charge in [-0.1, -0.05) is 30.3 Å². The first kappa shape index (κ1) is 10.5. The number of hydrogen-bond acceptors (Lipinski definition) is 4. The number of nitrogen functional groups attached to an aromatic ring is 1. The summed E-state index contributed by atoms with van der Waals surface area (Å²) in [6.45, 7) is 0. The van der Waals surface area contributed by atoms with Crippen LogP contribution in [0.4, 0.5) is 5.82 Å². The Morgan fingerprint density at radius 3 is 2.44 bits per heavy atom. The Balaban J connectivity index is 2.05. The molecule has 0 aliphatic rings. The summed E-state index contributed by atoms with van der Waals surface area (Å²) in [4.78, 5) is 8.72. The predicted molar refractivity (Wildman–Crippen MR) is 69.5 cm³/mol. The minimum atomic E-state index is 0.511. The summed E-state index contributed by atoms with van der Waals surface area (Å²) in [5.41, 5.74) is 8.83. The highest BCUT2D eigenvalue weighted by molar-refractivity contribution is 5.63. The third kappa shape index (κ3) is 1.93. The molecular formula is C13H11N5. The van der Waals surface area contributed by atoms with Crippen LogP contribution in [-0.2, 0) is 0 Å². The van der Waals surface area contributed by atoms with Gasteiger partial charge in [0.15, 0.2) is 0 Å². The highest BCUT2D eigenvalue weighted by Crippen LogP contribution is 2.20. The lowest BCUT2D eigenvalue weighted by atomic mass is 10.1. The Kier molecular flexibility index (Phi) is 2.49. The molecule has 0 bridgehead atoms. The zero-order chi connectivity index (χ0) is 12.4. The molecule has 1 aromatic carbocycles. The third-order valence-corrected chi connectivity index (χ3v) is 2.56. The number of aromatic nitrogens is 4. The van der Waals surface area contributed by atoms with Crippen molar-refractivity contribution >= 4 is 5.82 Å². The first-order valence-corrected chi connectivity index (χ1v) is 5.51. The summed E-state index contributed by atoms with van der Waals surface area (Å²) in [6, 6.07) is 11.6. The Morgan fingerprint density at radius 1 is 0.944 bits per heavy atom. The van der Waals surface area contributed by atoms with Crippen molar-refractivity contribution in [3.63, 3.8) is 0 Å². The highest BCUT2D eigenvalue weighted by atomic mass is 15.2. The fourth-order valence-electron chi connectivity index (χ4n) is 1.71. The number of rotatable bonds is 2. The molecule has 3 N–H and O–H groups in total. The van der Waals surface area contributed by atoms with E-state index in [9.17, 15) is 0 Å². The van der Waals surface area contributed by atoms with Crippen LogP contribution < -0.4 is 5.73 Å². The largest absolute Gasteiger partial charge is 0.384 e. The molecule has 5 heteroatoms. The lowest BCUT2D eigenvalue weighted by Gasteiger charge is -2.01. The van der Waals surface area contributed by atoms with Crippen molar-refractivity contribution in [1.29, 1.82) is 0 Å². The second-order valence-electron chi connectivity index (χ2n) is 3.86. The maximum atomic E-state index is 5.60. The molecule has 0 fully saturated rings. The second kappa shape index (κ2) is 4.29. The lowest BCUT2D eigenvalue weighted by molar-refractivity contribution is 1.08. The van der Waals surface area contributed by atoms with E-state index in [1.165, 1.54) is 0 Å². The molecule has 5 nitrogen and oxygen atoms in total. The van der Waals surface area contributed by atoms with E-state index in [1.807, 2.05) is 30.3 Å². The fraction of sp³-hybridized carbons (Fsp3) is 0. The van der Waals surface area contributed by atoms with Crippen LogP contribution in [0.1, 0.15) is 0 Å². The van der Waals surface area contributed by atoms with Gasteiger partial charge in [0.25, 0.3) is 0 Å². The number of hydrogen-bond donors (Lipinski definition) is 2. The maximum absolute atomic E-state index is 5.60. The molecule has 18 heavy (non-hydrogen) atoms. The molecule has 0 aliphatic carbocycles. The summed E-state index contributed by atoms with van der Waals surface area (Å²) in [5, 5.41) is 6.75. The fourth-order valence-corrected chi connectivity index (χ4v) is 1.71. The van der Waals surface area contributed by atoms with Crippen LogP contribution in [0.5, 0.6) is 0 Å². The minimum absolute atomic E-state index is 0.511. The highest BCUT2D eigenvalue weighted by Gasteiger charge is 2.06. The average molecular weight is 237 g/mol. The summed E-state index contributed by atoms with van der Waals surface area (Å²) in [7, 11) is 0. The van der Waals surface area contributed by atoms with Gasteiger partial charge < -0.3 is 5.73 Å². The molecule has 0 radical (unpaired) electrons. The Bertz CT molecular complexity index is 660. The second-order valence-corrected chi connectivity index (χ2v) is 3.86. The van der Waals surface area contributed by atoms with Gasteiger partial charge in [-0.2, -0.15) is 5.10 Å². The quantitative estimate of drug-likeness (QED) is 0.715. The van der Waals surface area contributed by atoms with Gasteiger partial charge in [0.05, 0.1) is 18.1 Å². The molecule has 0 saturated heterocycles. The molecule has 3 rings (SSSR count). The third-order valence-electron chi connectivity index (χ3n) is 2.56. The van der Waals surface area contributed by atoms with E-state index in [0.29, 0.717) is 17.2 Å². The summed E-state index contributed by atoms with van der Waals surface area (Å²) in [6.07, 6.45) is 3.40. The van der Waals surface area contributed by atoms with Crippen molar-refractivity contribution in [3.05, 3.63) is 48.8 Å². The van der Waals surface area contributed by atoms with Crippen molar-refractivity contribution in [1.82, 2.24) is 20.2 Å². The summed E-state index contributed by atoms with van der Waals surface area (Å²) in [5.74, 6) is 0.511. The molecule has 0 aliphatic heterocycles. The average Bonchev–Trinajstić information content (AvgIpc) is 2.87. The number of benzene rings is 1. The van der Waals surface area contributed by atoms with Crippen molar-refractivity contribution in [2.75, 3.05) is 5.73 Å². The number of nitrogens with one attached hydrogen (secondary N) is 1. The maximum Gasteiger partial charge on any atom is 0.119 e. The summed E-state index contributed by atoms with van der Waals surface area (Å²) < 4.78 is 0. The van der Waals surface area contributed by atoms with Gasteiger partial charge in [-0.05, 0) is 0 Å². The van der Waals surface area contributed by atoms with E-state index >= 15 is 0 Å². The van der Waals surface area contributed by atoms with Crippen molar-refractivity contribution in [2.45, 2.75) is 0 Å². The van der Waals surface area contributed by atoms with Gasteiger partial charge in [-0.3, -0.25) is 10.1 Å². The zero-order valence-corrected chi connectivity index (χ0v) is 9.54. The van der Waals surface area contributed by atoms with Crippen molar-refractivity contribution < 1.29 is 0 Å². The molecule has 0 unspecified atom stereocenters. The van der Waals surface area contributed by atoms with Crippen molar-refractivity contribution in [3.8, 4) is 22.6 Å². The van der Waals surface area contributed by atoms with Gasteiger partial charge in [0.2, 0.25) is 0 Å². The number of anilines is 1. The first-order chi connectivity index (χ1) is 8.83. The van der Waals surface area contributed by atoms with E-state index < -0.39 is 0 Å². The van der Waals surface area contributed by atoms with E-state index in [1.54, 1.807) is 18.5 Å². The van der Waals surface area contributed by atoms with Crippen LogP contribution in [0, 0.1) is 0 Å². The summed E-state index contributed by atoms with van der Waals surface area (Å²) >= 11 is 0. The van der Waals surface area contributed by atoms with Crippen LogP contribution in [0.25, 0.3) is 22.6 Å². The van der Waals surface area contributed by atoms with E-state index in [4.69, 9.17) is 5.73 Å². The zero-order valence-electron chi connectivity index (χ0n) is 9.54. The van der Waals surface area contributed by atoms with E-state index in [0.717, 1.165) is 11.3 Å². The van der Waals surface area contributed by atoms with Gasteiger partial charge in [-0.25, -0.2) is 4.98 Å². The van der Waals surface area contributed by atoms with Crippen LogP contribution in [0.2, 0.25) is 0 Å². The molecular weight excluding hydrogens is 226 g/mol. The minimum Gasteiger partial charge on any atom is -0.384 e. The number of aromatic amines is 1. The van der Waals surface area contributed by atoms with E-state index in [2.05, 4.69) is 20.2 Å². The molecule has 0 atom stereocenters. The monoisotopic (exact) mass is 237 g/mol. The van der Waals surface area contributed by atoms with Crippen LogP contribution in [-0.4, -0.2) is 20.2 Å². The van der Waals surface area contributed by atoms with Gasteiger partial charge in [-0.15, -0.1) is 0 Å². The normalized spacial score (nSPS) is 10.4. The Labute approximate surface area is 104 Å². The standard InChI is InChI=1S/C13H11N5/c14-13-6-10(17-18-13)12-8-15-7-11(16-12)9-4-2-1-3-5-9/h1-8H,(H3,14,17,18). The topological polar surface area (TPSA) is 80.5 Å². The molecule has 0 saturated carbocycles. The molecule has 3 aromatic rings. The van der Waals surface area contributed by atoms with Crippen LogP contribution >= 0.6 is 0 Å². The number of nitrogens with zero attached hydrogens (tertiary/aromatic N) is 3. The molecule has 0 spiro atoms. The molecule has 88 valence electrons. The van der Waals surface area contributed by atoms with Crippen molar-refractivity contribution in [2.24, 2.45) is 0 Å². The Morgan fingerprint density at radius 2 is 1.72 bits per heavy atom. The number of H-pyrrole nitrogens is 1. The molecule has 2 heterocycles. The van der Waals surface area contributed by atoms with Crippen LogP contribution in [0.15, 0.2) is 48.8 Å². The first-order valence-electron chi connectivity index (χ1n) is 5.51. The van der Waals surface area contributed by atoms with Crippen LogP contribution in [0.3, 0.4) is 0 Å². The smallest absolute Gasteiger partial charge is 0.119 e. The molecule has 2 aromatic heterocycles. The number of nitrogens with two attached hydrogens (primary N) is 1. The van der Waals surface area contributed by atoms with E-state index in [-0.39, 0.29) is 0 Å². The van der Waals surface area contributed by atoms with Gasteiger partial charge in [0.1, 0.15) is 17.2 Å². The Hall–Kier alpha value is -2.69. The van der Waals surface area contributed by atoms with Gasteiger partial charge in [0, 0.05) is 11.6 Å². The predicted octanol–water partition coefficient (Wildman–Crippen LogP) is 2.12. The van der Waals surface area contributed by atoms with Gasteiger partial charge >= 0.3 is 0 Å². The lowest BCUT2D eigenvalue weighted by Crippen LogP contribution is -1.90.